The van der Waals surface area contributed by atoms with Gasteiger partial charge in [0.1, 0.15) is 5.02 Å². The first kappa shape index (κ1) is 19.2. The number of anilines is 4. The van der Waals surface area contributed by atoms with Gasteiger partial charge in [0.2, 0.25) is 5.95 Å². The number of halogens is 1. The van der Waals surface area contributed by atoms with Crippen molar-refractivity contribution < 1.29 is 4.79 Å². The van der Waals surface area contributed by atoms with Crippen molar-refractivity contribution in [2.24, 2.45) is 5.84 Å². The van der Waals surface area contributed by atoms with Crippen molar-refractivity contribution in [3.63, 3.8) is 0 Å². The van der Waals surface area contributed by atoms with E-state index in [2.05, 4.69) is 42.9 Å². The number of carbonyl (C=O) groups is 1. The van der Waals surface area contributed by atoms with Gasteiger partial charge < -0.3 is 20.4 Å². The van der Waals surface area contributed by atoms with Gasteiger partial charge in [-0.05, 0) is 25.2 Å². The van der Waals surface area contributed by atoms with Crippen molar-refractivity contribution in [1.82, 2.24) is 20.2 Å². The third kappa shape index (κ3) is 4.38. The molecular weight excluding hydrogens is 368 g/mol. The smallest absolute Gasteiger partial charge is 0.253 e. The van der Waals surface area contributed by atoms with Crippen molar-refractivity contribution in [3.8, 4) is 0 Å². The van der Waals surface area contributed by atoms with Gasteiger partial charge in [0.25, 0.3) is 5.91 Å². The first-order chi connectivity index (χ1) is 13.0. The zero-order valence-electron chi connectivity index (χ0n) is 15.3. The highest BCUT2D eigenvalue weighted by Crippen LogP contribution is 2.29. The van der Waals surface area contributed by atoms with E-state index in [1.165, 1.54) is 6.20 Å². The molecule has 27 heavy (non-hydrogen) atoms. The number of nitrogen functional groups attached to an aromatic ring is 1. The predicted octanol–water partition coefficient (Wildman–Crippen LogP) is 1.27. The molecule has 0 spiro atoms. The number of nitrogens with zero attached hydrogens (tertiary/aromatic N) is 4. The van der Waals surface area contributed by atoms with E-state index < -0.39 is 0 Å². The average Bonchev–Trinajstić information content (AvgIpc) is 2.70. The molecule has 5 N–H and O–H groups in total. The van der Waals surface area contributed by atoms with Crippen LogP contribution in [0.25, 0.3) is 0 Å². The van der Waals surface area contributed by atoms with Crippen LogP contribution in [0.15, 0.2) is 24.4 Å². The first-order valence-corrected chi connectivity index (χ1v) is 8.95. The highest BCUT2D eigenvalue weighted by molar-refractivity contribution is 6.33. The number of hydrazine groups is 1. The second kappa shape index (κ2) is 8.38. The van der Waals surface area contributed by atoms with Gasteiger partial charge in [0, 0.05) is 38.9 Å². The molecular formula is C17H23ClN8O. The van der Waals surface area contributed by atoms with Crippen molar-refractivity contribution in [2.45, 2.75) is 0 Å². The topological polar surface area (TPSA) is 111 Å². The Morgan fingerprint density at radius 3 is 2.67 bits per heavy atom. The molecule has 1 amide bonds. The predicted molar refractivity (Wildman–Crippen MR) is 108 cm³/mol. The summed E-state index contributed by atoms with van der Waals surface area (Å²) in [5.41, 5.74) is 4.48. The summed E-state index contributed by atoms with van der Waals surface area (Å²) in [5, 5.41) is 6.10. The lowest BCUT2D eigenvalue weighted by atomic mass is 10.1. The Labute approximate surface area is 162 Å². The summed E-state index contributed by atoms with van der Waals surface area (Å²) in [6.07, 6.45) is 1.43. The van der Waals surface area contributed by atoms with Crippen LogP contribution in [0.3, 0.4) is 0 Å². The third-order valence-electron chi connectivity index (χ3n) is 4.47. The lowest BCUT2D eigenvalue weighted by Gasteiger charge is -2.34. The number of nitrogens with one attached hydrogen (secondary N) is 3. The fraction of sp³-hybridized carbons (Fsp3) is 0.353. The lowest BCUT2D eigenvalue weighted by Crippen LogP contribution is -2.44. The van der Waals surface area contributed by atoms with Crippen LogP contribution in [0.2, 0.25) is 5.02 Å². The summed E-state index contributed by atoms with van der Waals surface area (Å²) in [7, 11) is 3.71. The van der Waals surface area contributed by atoms with E-state index in [1.54, 1.807) is 7.05 Å². The minimum atomic E-state index is -0.198. The van der Waals surface area contributed by atoms with Crippen molar-refractivity contribution in [1.29, 1.82) is 0 Å². The number of hydrogen-bond acceptors (Lipinski definition) is 8. The van der Waals surface area contributed by atoms with Crippen molar-refractivity contribution >= 4 is 40.6 Å². The van der Waals surface area contributed by atoms with E-state index in [0.717, 1.165) is 31.9 Å². The molecule has 1 aliphatic heterocycles. The summed E-state index contributed by atoms with van der Waals surface area (Å²) < 4.78 is 0. The number of likely N-dealkylation sites (N-methyl/N-ethyl adjacent to an activating group) is 1. The van der Waals surface area contributed by atoms with Crippen molar-refractivity contribution in [2.75, 3.05) is 55.9 Å². The van der Waals surface area contributed by atoms with E-state index in [1.807, 2.05) is 18.2 Å². The Morgan fingerprint density at radius 1 is 1.26 bits per heavy atom. The quantitative estimate of drug-likeness (QED) is 0.446. The van der Waals surface area contributed by atoms with Gasteiger partial charge in [-0.1, -0.05) is 11.6 Å². The molecule has 2 heterocycles. The average molecular weight is 391 g/mol. The summed E-state index contributed by atoms with van der Waals surface area (Å²) in [6, 6.07) is 5.72. The molecule has 1 aliphatic rings. The molecule has 10 heteroatoms. The maximum atomic E-state index is 12.4. The number of rotatable bonds is 5. The van der Waals surface area contributed by atoms with Gasteiger partial charge in [-0.25, -0.2) is 10.8 Å². The first-order valence-electron chi connectivity index (χ1n) is 8.57. The highest BCUT2D eigenvalue weighted by Gasteiger charge is 2.18. The molecule has 1 fully saturated rings. The molecule has 144 valence electrons. The van der Waals surface area contributed by atoms with Gasteiger partial charge in [-0.3, -0.25) is 10.2 Å². The van der Waals surface area contributed by atoms with Crippen LogP contribution < -0.4 is 26.8 Å². The Kier molecular flexibility index (Phi) is 5.94. The highest BCUT2D eigenvalue weighted by atomic mass is 35.5. The summed E-state index contributed by atoms with van der Waals surface area (Å²) in [6.45, 7) is 3.81. The fourth-order valence-corrected chi connectivity index (χ4v) is 3.02. The van der Waals surface area contributed by atoms with Gasteiger partial charge in [-0.15, -0.1) is 0 Å². The number of benzene rings is 1. The number of carbonyl (C=O) groups excluding carboxylic acids is 1. The summed E-state index contributed by atoms with van der Waals surface area (Å²) in [4.78, 5) is 25.1. The number of piperazine rings is 1. The largest absolute Gasteiger partial charge is 0.369 e. The van der Waals surface area contributed by atoms with E-state index in [0.29, 0.717) is 22.1 Å². The molecule has 0 aliphatic carbocycles. The number of aromatic nitrogens is 2. The van der Waals surface area contributed by atoms with Crippen molar-refractivity contribution in [3.05, 3.63) is 35.0 Å². The molecule has 1 aromatic heterocycles. The van der Waals surface area contributed by atoms with E-state index in [9.17, 15) is 4.79 Å². The van der Waals surface area contributed by atoms with E-state index in [-0.39, 0.29) is 11.9 Å². The molecule has 0 unspecified atom stereocenters. The number of hydrogen-bond donors (Lipinski definition) is 4. The molecule has 0 atom stereocenters. The molecule has 2 aromatic rings. The fourth-order valence-electron chi connectivity index (χ4n) is 2.88. The SMILES string of the molecule is CNC(=O)c1cc(N2CCN(C)CC2)ccc1Nc1nc(NN)ncc1Cl. The maximum absolute atomic E-state index is 12.4. The zero-order valence-corrected chi connectivity index (χ0v) is 16.0. The van der Waals surface area contributed by atoms with Gasteiger partial charge in [0.15, 0.2) is 5.82 Å². The Hall–Kier alpha value is -2.62. The minimum absolute atomic E-state index is 0.198. The zero-order chi connectivity index (χ0) is 19.4. The maximum Gasteiger partial charge on any atom is 0.253 e. The van der Waals surface area contributed by atoms with Crippen LogP contribution in [0.4, 0.5) is 23.1 Å². The van der Waals surface area contributed by atoms with Gasteiger partial charge in [0.05, 0.1) is 17.4 Å². The summed E-state index contributed by atoms with van der Waals surface area (Å²) in [5.74, 6) is 5.74. The molecule has 0 bridgehead atoms. The van der Waals surface area contributed by atoms with Gasteiger partial charge in [-0.2, -0.15) is 4.98 Å². The molecule has 1 aromatic carbocycles. The lowest BCUT2D eigenvalue weighted by molar-refractivity contribution is 0.0964. The Morgan fingerprint density at radius 2 is 2.00 bits per heavy atom. The van der Waals surface area contributed by atoms with Crippen LogP contribution in [0.5, 0.6) is 0 Å². The summed E-state index contributed by atoms with van der Waals surface area (Å²) >= 11 is 6.17. The van der Waals surface area contributed by atoms with E-state index in [4.69, 9.17) is 17.4 Å². The standard InChI is InChI=1S/C17H23ClN8O/c1-20-16(27)12-9-11(26-7-5-25(2)6-8-26)3-4-14(12)22-15-13(18)10-21-17(23-15)24-19/h3-4,9-10H,5-8,19H2,1-2H3,(H,20,27)(H2,21,22,23,24). The molecule has 0 radical (unpaired) electrons. The van der Waals surface area contributed by atoms with Crippen LogP contribution in [-0.2, 0) is 0 Å². The normalized spacial score (nSPS) is 14.7. The van der Waals surface area contributed by atoms with Crippen LogP contribution in [0.1, 0.15) is 10.4 Å². The molecule has 1 saturated heterocycles. The minimum Gasteiger partial charge on any atom is -0.369 e. The number of nitrogens with two attached hydrogens (primary N) is 1. The molecule has 9 nitrogen and oxygen atoms in total. The van der Waals surface area contributed by atoms with E-state index >= 15 is 0 Å². The molecule has 3 rings (SSSR count). The second-order valence-corrected chi connectivity index (χ2v) is 6.67. The number of amides is 1. The second-order valence-electron chi connectivity index (χ2n) is 6.26. The monoisotopic (exact) mass is 390 g/mol. The van der Waals surface area contributed by atoms with Crippen LogP contribution in [0, 0.1) is 0 Å². The van der Waals surface area contributed by atoms with Crippen LogP contribution >= 0.6 is 11.6 Å². The molecule has 0 saturated carbocycles. The van der Waals surface area contributed by atoms with Crippen LogP contribution in [-0.4, -0.2) is 61.0 Å². The Balaban J connectivity index is 1.92. The third-order valence-corrected chi connectivity index (χ3v) is 4.75. The van der Waals surface area contributed by atoms with Gasteiger partial charge >= 0.3 is 0 Å². The Bertz CT molecular complexity index is 823.